The standard InChI is InChI=1S/C15H14BrClFNO/c1-19-15(9-5-10(16)7-11(17)6-9)13-8-12(18)3-4-14(13)20-2/h3-8,15,19H,1-2H3. The molecule has 0 bridgehead atoms. The number of benzene rings is 2. The molecule has 0 aliphatic rings. The Morgan fingerprint density at radius 2 is 2.00 bits per heavy atom. The van der Waals surface area contributed by atoms with E-state index in [0.717, 1.165) is 15.6 Å². The molecule has 5 heteroatoms. The Morgan fingerprint density at radius 1 is 1.25 bits per heavy atom. The molecule has 0 aliphatic carbocycles. The Balaban J connectivity index is 2.54. The summed E-state index contributed by atoms with van der Waals surface area (Å²) in [5, 5.41) is 3.78. The SMILES string of the molecule is CNC(c1cc(Cl)cc(Br)c1)c1cc(F)ccc1OC. The first-order valence-corrected chi connectivity index (χ1v) is 7.19. The van der Waals surface area contributed by atoms with Gasteiger partial charge in [-0.2, -0.15) is 0 Å². The average molecular weight is 359 g/mol. The van der Waals surface area contributed by atoms with Gasteiger partial charge >= 0.3 is 0 Å². The largest absolute Gasteiger partial charge is 0.496 e. The van der Waals surface area contributed by atoms with Crippen LogP contribution < -0.4 is 10.1 Å². The van der Waals surface area contributed by atoms with E-state index < -0.39 is 0 Å². The second-order valence-electron chi connectivity index (χ2n) is 4.31. The maximum atomic E-state index is 13.5. The van der Waals surface area contributed by atoms with E-state index in [1.165, 1.54) is 12.1 Å². The fraction of sp³-hybridized carbons (Fsp3) is 0.200. The minimum atomic E-state index is -0.304. The highest BCUT2D eigenvalue weighted by molar-refractivity contribution is 9.10. The monoisotopic (exact) mass is 357 g/mol. The lowest BCUT2D eigenvalue weighted by atomic mass is 9.98. The first-order valence-electron chi connectivity index (χ1n) is 6.02. The van der Waals surface area contributed by atoms with Gasteiger partial charge in [-0.1, -0.05) is 27.5 Å². The van der Waals surface area contributed by atoms with Crippen molar-refractivity contribution in [3.63, 3.8) is 0 Å². The molecule has 0 amide bonds. The highest BCUT2D eigenvalue weighted by Crippen LogP contribution is 2.33. The van der Waals surface area contributed by atoms with Crippen molar-refractivity contribution in [2.24, 2.45) is 0 Å². The fourth-order valence-corrected chi connectivity index (χ4v) is 3.06. The Hall–Kier alpha value is -1.10. The summed E-state index contributed by atoms with van der Waals surface area (Å²) in [7, 11) is 3.38. The molecule has 1 N–H and O–H groups in total. The summed E-state index contributed by atoms with van der Waals surface area (Å²) >= 11 is 9.50. The van der Waals surface area contributed by atoms with Crippen molar-refractivity contribution < 1.29 is 9.13 Å². The van der Waals surface area contributed by atoms with Gasteiger partial charge in [-0.25, -0.2) is 4.39 Å². The van der Waals surface area contributed by atoms with Crippen LogP contribution in [0.5, 0.6) is 5.75 Å². The zero-order valence-electron chi connectivity index (χ0n) is 11.1. The van der Waals surface area contributed by atoms with Gasteiger partial charge < -0.3 is 10.1 Å². The molecule has 0 radical (unpaired) electrons. The summed E-state index contributed by atoms with van der Waals surface area (Å²) < 4.78 is 19.7. The van der Waals surface area contributed by atoms with Crippen LogP contribution in [0.1, 0.15) is 17.2 Å². The van der Waals surface area contributed by atoms with E-state index in [2.05, 4.69) is 21.2 Å². The number of methoxy groups -OCH3 is 1. The van der Waals surface area contributed by atoms with Crippen LogP contribution in [0, 0.1) is 5.82 Å². The summed E-state index contributed by atoms with van der Waals surface area (Å²) in [6, 6.07) is 9.85. The first kappa shape index (κ1) is 15.3. The third-order valence-corrected chi connectivity index (χ3v) is 3.69. The van der Waals surface area contributed by atoms with E-state index in [4.69, 9.17) is 16.3 Å². The van der Waals surface area contributed by atoms with Crippen LogP contribution in [0.25, 0.3) is 0 Å². The Labute approximate surface area is 131 Å². The van der Waals surface area contributed by atoms with E-state index in [0.29, 0.717) is 10.8 Å². The molecule has 0 heterocycles. The second kappa shape index (κ2) is 6.57. The van der Waals surface area contributed by atoms with E-state index in [9.17, 15) is 4.39 Å². The van der Waals surface area contributed by atoms with Gasteiger partial charge in [0.15, 0.2) is 0 Å². The van der Waals surface area contributed by atoms with Crippen LogP contribution in [0.2, 0.25) is 5.02 Å². The lowest BCUT2D eigenvalue weighted by Crippen LogP contribution is -2.18. The van der Waals surface area contributed by atoms with Crippen molar-refractivity contribution >= 4 is 27.5 Å². The topological polar surface area (TPSA) is 21.3 Å². The normalized spacial score (nSPS) is 12.2. The van der Waals surface area contributed by atoms with Gasteiger partial charge in [-0.05, 0) is 49.0 Å². The lowest BCUT2D eigenvalue weighted by Gasteiger charge is -2.20. The molecule has 2 nitrogen and oxygen atoms in total. The number of ether oxygens (including phenoxy) is 1. The van der Waals surface area contributed by atoms with Gasteiger partial charge in [0.05, 0.1) is 13.2 Å². The summed E-state index contributed by atoms with van der Waals surface area (Å²) in [5.74, 6) is 0.323. The van der Waals surface area contributed by atoms with Crippen molar-refractivity contribution in [3.05, 3.63) is 62.8 Å². The molecular weight excluding hydrogens is 345 g/mol. The van der Waals surface area contributed by atoms with Crippen molar-refractivity contribution in [1.29, 1.82) is 0 Å². The molecule has 0 fully saturated rings. The number of halogens is 3. The minimum absolute atomic E-state index is 0.212. The summed E-state index contributed by atoms with van der Waals surface area (Å²) in [6.45, 7) is 0. The molecule has 2 aromatic carbocycles. The van der Waals surface area contributed by atoms with E-state index in [1.807, 2.05) is 19.2 Å². The molecule has 1 unspecified atom stereocenters. The van der Waals surface area contributed by atoms with Gasteiger partial charge in [0, 0.05) is 15.1 Å². The molecule has 2 aromatic rings. The maximum Gasteiger partial charge on any atom is 0.124 e. The van der Waals surface area contributed by atoms with Crippen LogP contribution in [-0.2, 0) is 0 Å². The zero-order chi connectivity index (χ0) is 14.7. The molecule has 20 heavy (non-hydrogen) atoms. The van der Waals surface area contributed by atoms with Crippen molar-refractivity contribution in [2.75, 3.05) is 14.2 Å². The van der Waals surface area contributed by atoms with Gasteiger partial charge in [0.2, 0.25) is 0 Å². The quantitative estimate of drug-likeness (QED) is 0.865. The molecule has 0 spiro atoms. The van der Waals surface area contributed by atoms with Crippen LogP contribution in [0.3, 0.4) is 0 Å². The summed E-state index contributed by atoms with van der Waals surface area (Å²) in [6.07, 6.45) is 0. The van der Waals surface area contributed by atoms with Crippen LogP contribution >= 0.6 is 27.5 Å². The first-order chi connectivity index (χ1) is 9.55. The summed E-state index contributed by atoms with van der Waals surface area (Å²) in [5.41, 5.74) is 1.65. The molecule has 0 saturated carbocycles. The molecule has 0 aromatic heterocycles. The fourth-order valence-electron chi connectivity index (χ4n) is 2.17. The number of hydrogen-bond donors (Lipinski definition) is 1. The van der Waals surface area contributed by atoms with Crippen molar-refractivity contribution in [2.45, 2.75) is 6.04 Å². The predicted molar refractivity (Wildman–Crippen MR) is 83.0 cm³/mol. The molecule has 1 atom stereocenters. The van der Waals surface area contributed by atoms with Crippen molar-refractivity contribution in [3.8, 4) is 5.75 Å². The van der Waals surface area contributed by atoms with Gasteiger partial charge in [-0.15, -0.1) is 0 Å². The van der Waals surface area contributed by atoms with Gasteiger partial charge in [0.1, 0.15) is 11.6 Å². The van der Waals surface area contributed by atoms with E-state index in [1.54, 1.807) is 19.2 Å². The van der Waals surface area contributed by atoms with E-state index >= 15 is 0 Å². The smallest absolute Gasteiger partial charge is 0.124 e. The zero-order valence-corrected chi connectivity index (χ0v) is 13.4. The molecule has 2 rings (SSSR count). The third kappa shape index (κ3) is 3.32. The lowest BCUT2D eigenvalue weighted by molar-refractivity contribution is 0.404. The highest BCUT2D eigenvalue weighted by atomic mass is 79.9. The molecular formula is C15H14BrClFNO. The third-order valence-electron chi connectivity index (χ3n) is 3.01. The van der Waals surface area contributed by atoms with Gasteiger partial charge in [-0.3, -0.25) is 0 Å². The second-order valence-corrected chi connectivity index (χ2v) is 5.66. The molecule has 0 aliphatic heterocycles. The number of rotatable bonds is 4. The van der Waals surface area contributed by atoms with Crippen molar-refractivity contribution in [1.82, 2.24) is 5.32 Å². The van der Waals surface area contributed by atoms with Crippen LogP contribution in [0.15, 0.2) is 40.9 Å². The Bertz CT molecular complexity index is 601. The maximum absolute atomic E-state index is 13.5. The minimum Gasteiger partial charge on any atom is -0.496 e. The molecule has 0 saturated heterocycles. The van der Waals surface area contributed by atoms with E-state index in [-0.39, 0.29) is 11.9 Å². The number of nitrogens with one attached hydrogen (secondary N) is 1. The van der Waals surface area contributed by atoms with Gasteiger partial charge in [0.25, 0.3) is 0 Å². The van der Waals surface area contributed by atoms with Crippen LogP contribution in [0.4, 0.5) is 4.39 Å². The highest BCUT2D eigenvalue weighted by Gasteiger charge is 2.18. The number of hydrogen-bond acceptors (Lipinski definition) is 2. The Kier molecular flexibility index (Phi) is 5.02. The van der Waals surface area contributed by atoms with Crippen LogP contribution in [-0.4, -0.2) is 14.2 Å². The average Bonchev–Trinajstić information content (AvgIpc) is 2.39. The predicted octanol–water partition coefficient (Wildman–Crippen LogP) is 4.56. The molecule has 106 valence electrons. The Morgan fingerprint density at radius 3 is 2.60 bits per heavy atom. The summed E-state index contributed by atoms with van der Waals surface area (Å²) in [4.78, 5) is 0.